The number of rotatable bonds is 2. The van der Waals surface area contributed by atoms with Crippen LogP contribution in [0.4, 0.5) is 4.39 Å². The molecule has 0 aliphatic rings. The summed E-state index contributed by atoms with van der Waals surface area (Å²) in [6.45, 7) is 0. The van der Waals surface area contributed by atoms with Gasteiger partial charge in [-0.05, 0) is 6.07 Å². The van der Waals surface area contributed by atoms with Crippen LogP contribution in [0.25, 0.3) is 5.57 Å². The SMILES string of the molecule is O=C([O-])/C(=C\F)c1ccc(Cl)c(Cl)c1Cl. The van der Waals surface area contributed by atoms with Gasteiger partial charge in [0.15, 0.2) is 0 Å². The zero-order chi connectivity index (χ0) is 11.6. The molecule has 0 unspecified atom stereocenters. The fraction of sp³-hybridized carbons (Fsp3) is 0. The molecule has 0 saturated carbocycles. The Balaban J connectivity index is 3.39. The van der Waals surface area contributed by atoms with E-state index >= 15 is 0 Å². The molecule has 0 radical (unpaired) electrons. The number of aliphatic carboxylic acids is 1. The molecule has 0 bridgehead atoms. The Kier molecular flexibility index (Phi) is 3.97. The highest BCUT2D eigenvalue weighted by molar-refractivity contribution is 6.49. The van der Waals surface area contributed by atoms with E-state index in [1.807, 2.05) is 0 Å². The van der Waals surface area contributed by atoms with E-state index in [0.29, 0.717) is 0 Å². The molecule has 15 heavy (non-hydrogen) atoms. The summed E-state index contributed by atoms with van der Waals surface area (Å²) < 4.78 is 12.3. The molecule has 0 fully saturated rings. The third-order valence-corrected chi connectivity index (χ3v) is 2.95. The van der Waals surface area contributed by atoms with Crippen LogP contribution < -0.4 is 5.11 Å². The maximum Gasteiger partial charge on any atom is 0.0964 e. The van der Waals surface area contributed by atoms with Gasteiger partial charge in [-0.15, -0.1) is 0 Å². The number of hydrogen-bond donors (Lipinski definition) is 0. The maximum absolute atomic E-state index is 12.3. The van der Waals surface area contributed by atoms with E-state index in [-0.39, 0.29) is 27.0 Å². The Morgan fingerprint density at radius 2 is 1.87 bits per heavy atom. The minimum Gasteiger partial charge on any atom is -0.545 e. The van der Waals surface area contributed by atoms with E-state index in [0.717, 1.165) is 0 Å². The van der Waals surface area contributed by atoms with Gasteiger partial charge in [0.2, 0.25) is 0 Å². The first-order valence-corrected chi connectivity index (χ1v) is 4.78. The number of benzene rings is 1. The molecule has 0 amide bonds. The monoisotopic (exact) mass is 267 g/mol. The third kappa shape index (κ3) is 2.43. The van der Waals surface area contributed by atoms with Crippen LogP contribution >= 0.6 is 34.8 Å². The van der Waals surface area contributed by atoms with E-state index in [9.17, 15) is 14.3 Å². The fourth-order valence-corrected chi connectivity index (χ4v) is 1.58. The maximum atomic E-state index is 12.3. The van der Waals surface area contributed by atoms with Gasteiger partial charge in [0.25, 0.3) is 0 Å². The summed E-state index contributed by atoms with van der Waals surface area (Å²) in [5.41, 5.74) is -0.757. The summed E-state index contributed by atoms with van der Waals surface area (Å²) in [7, 11) is 0. The Morgan fingerprint density at radius 1 is 1.27 bits per heavy atom. The Morgan fingerprint density at radius 3 is 2.33 bits per heavy atom. The second kappa shape index (κ2) is 4.84. The molecule has 0 aliphatic heterocycles. The number of halogens is 4. The van der Waals surface area contributed by atoms with Gasteiger partial charge in [0.1, 0.15) is 0 Å². The van der Waals surface area contributed by atoms with Crippen molar-refractivity contribution in [1.82, 2.24) is 0 Å². The summed E-state index contributed by atoms with van der Waals surface area (Å²) in [4.78, 5) is 10.5. The number of carboxylic acid groups (broad SMARTS) is 1. The van der Waals surface area contributed by atoms with Crippen LogP contribution in [0.15, 0.2) is 18.5 Å². The average molecular weight is 268 g/mol. The van der Waals surface area contributed by atoms with E-state index in [2.05, 4.69) is 0 Å². The first-order chi connectivity index (χ1) is 6.99. The van der Waals surface area contributed by atoms with Crippen molar-refractivity contribution in [1.29, 1.82) is 0 Å². The van der Waals surface area contributed by atoms with Crippen molar-refractivity contribution in [2.45, 2.75) is 0 Å². The first kappa shape index (κ1) is 12.3. The molecule has 2 nitrogen and oxygen atoms in total. The number of carboxylic acids is 1. The molecule has 0 saturated heterocycles. The molecule has 1 aromatic rings. The Labute approximate surface area is 99.9 Å². The fourth-order valence-electron chi connectivity index (χ4n) is 0.947. The number of carbonyl (C=O) groups is 1. The van der Waals surface area contributed by atoms with Crippen LogP contribution in [-0.2, 0) is 4.79 Å². The van der Waals surface area contributed by atoms with Crippen LogP contribution in [0.5, 0.6) is 0 Å². The molecule has 0 spiro atoms. The van der Waals surface area contributed by atoms with Gasteiger partial charge < -0.3 is 9.90 Å². The van der Waals surface area contributed by atoms with Crippen molar-refractivity contribution in [3.63, 3.8) is 0 Å². The largest absolute Gasteiger partial charge is 0.545 e. The van der Waals surface area contributed by atoms with Crippen LogP contribution in [-0.4, -0.2) is 5.97 Å². The Hall–Kier alpha value is -0.770. The third-order valence-electron chi connectivity index (χ3n) is 1.65. The van der Waals surface area contributed by atoms with Crippen LogP contribution in [0.3, 0.4) is 0 Å². The first-order valence-electron chi connectivity index (χ1n) is 3.64. The molecular weight excluding hydrogens is 265 g/mol. The molecule has 1 aromatic carbocycles. The van der Waals surface area contributed by atoms with Gasteiger partial charge in [-0.1, -0.05) is 40.9 Å². The van der Waals surface area contributed by atoms with Crippen molar-refractivity contribution >= 4 is 46.3 Å². The lowest BCUT2D eigenvalue weighted by Crippen LogP contribution is -2.23. The number of carbonyl (C=O) groups excluding carboxylic acids is 1. The van der Waals surface area contributed by atoms with Gasteiger partial charge >= 0.3 is 0 Å². The van der Waals surface area contributed by atoms with Crippen LogP contribution in [0.2, 0.25) is 15.1 Å². The highest BCUT2D eigenvalue weighted by Gasteiger charge is 2.13. The van der Waals surface area contributed by atoms with E-state index in [1.54, 1.807) is 0 Å². The summed E-state index contributed by atoms with van der Waals surface area (Å²) >= 11 is 17.0. The second-order valence-corrected chi connectivity index (χ2v) is 3.70. The van der Waals surface area contributed by atoms with Crippen molar-refractivity contribution in [2.24, 2.45) is 0 Å². The van der Waals surface area contributed by atoms with Gasteiger partial charge in [-0.3, -0.25) is 0 Å². The smallest absolute Gasteiger partial charge is 0.0964 e. The van der Waals surface area contributed by atoms with Gasteiger partial charge in [0, 0.05) is 11.1 Å². The normalized spacial score (nSPS) is 11.6. The molecule has 0 aliphatic carbocycles. The minimum absolute atomic E-state index is 0.0311. The van der Waals surface area contributed by atoms with E-state index < -0.39 is 11.5 Å². The van der Waals surface area contributed by atoms with E-state index in [1.165, 1.54) is 12.1 Å². The summed E-state index contributed by atoms with van der Waals surface area (Å²) in [6.07, 6.45) is -0.110. The topological polar surface area (TPSA) is 40.1 Å². The Bertz CT molecular complexity index is 443. The lowest BCUT2D eigenvalue weighted by molar-refractivity contribution is -0.295. The van der Waals surface area contributed by atoms with Gasteiger partial charge in [-0.2, -0.15) is 0 Å². The lowest BCUT2D eigenvalue weighted by atomic mass is 10.1. The molecule has 0 heterocycles. The van der Waals surface area contributed by atoms with Crippen molar-refractivity contribution in [3.05, 3.63) is 39.1 Å². The standard InChI is InChI=1S/C9H4Cl3FO2/c10-6-2-1-4(7(11)8(6)12)5(3-13)9(14)15/h1-3H,(H,14,15)/p-1/b5-3-. The van der Waals surface area contributed by atoms with Crippen molar-refractivity contribution in [2.75, 3.05) is 0 Å². The predicted molar refractivity (Wildman–Crippen MR) is 55.6 cm³/mol. The summed E-state index contributed by atoms with van der Waals surface area (Å²) in [6, 6.07) is 2.56. The highest BCUT2D eigenvalue weighted by atomic mass is 35.5. The highest BCUT2D eigenvalue weighted by Crippen LogP contribution is 2.35. The second-order valence-electron chi connectivity index (χ2n) is 2.53. The van der Waals surface area contributed by atoms with Gasteiger partial charge in [0.05, 0.1) is 27.4 Å². The minimum atomic E-state index is -1.68. The molecule has 0 atom stereocenters. The lowest BCUT2D eigenvalue weighted by Gasteiger charge is -2.10. The molecule has 6 heteroatoms. The molecular formula is C9H3Cl3FO2-. The van der Waals surface area contributed by atoms with Crippen LogP contribution in [0.1, 0.15) is 5.56 Å². The van der Waals surface area contributed by atoms with Crippen LogP contribution in [0, 0.1) is 0 Å². The molecule has 1 rings (SSSR count). The molecule has 80 valence electrons. The average Bonchev–Trinajstić information content (AvgIpc) is 2.18. The zero-order valence-corrected chi connectivity index (χ0v) is 9.33. The van der Waals surface area contributed by atoms with Crippen molar-refractivity contribution in [3.8, 4) is 0 Å². The number of hydrogen-bond acceptors (Lipinski definition) is 2. The predicted octanol–water partition coefficient (Wildman–Crippen LogP) is 2.71. The quantitative estimate of drug-likeness (QED) is 0.611. The summed E-state index contributed by atoms with van der Waals surface area (Å²) in [5.74, 6) is -1.68. The van der Waals surface area contributed by atoms with Crippen molar-refractivity contribution < 1.29 is 14.3 Å². The zero-order valence-electron chi connectivity index (χ0n) is 7.06. The molecule has 0 N–H and O–H groups in total. The van der Waals surface area contributed by atoms with E-state index in [4.69, 9.17) is 34.8 Å². The van der Waals surface area contributed by atoms with Gasteiger partial charge in [-0.25, -0.2) is 4.39 Å². The molecule has 0 aromatic heterocycles. The summed E-state index contributed by atoms with van der Waals surface area (Å²) in [5, 5.41) is 10.5.